The predicted molar refractivity (Wildman–Crippen MR) is 135 cm³/mol. The maximum Gasteiger partial charge on any atom is 0.198 e. The smallest absolute Gasteiger partial charge is 0.198 e. The Morgan fingerprint density at radius 1 is 0.970 bits per heavy atom. The molecule has 0 spiro atoms. The summed E-state index contributed by atoms with van der Waals surface area (Å²) in [5.74, 6) is 2.51. The van der Waals surface area contributed by atoms with Gasteiger partial charge < -0.3 is 10.5 Å². The molecule has 3 aromatic carbocycles. The van der Waals surface area contributed by atoms with Gasteiger partial charge in [-0.1, -0.05) is 60.5 Å². The Bertz CT molecular complexity index is 1250. The molecule has 2 unspecified atom stereocenters. The van der Waals surface area contributed by atoms with Crippen molar-refractivity contribution in [2.45, 2.75) is 12.5 Å². The molecule has 3 aromatic rings. The number of benzene rings is 3. The van der Waals surface area contributed by atoms with Crippen molar-refractivity contribution in [2.75, 3.05) is 20.2 Å². The topological polar surface area (TPSA) is 63.2 Å². The van der Waals surface area contributed by atoms with E-state index in [2.05, 4.69) is 19.1 Å². The number of amidine groups is 1. The van der Waals surface area contributed by atoms with Crippen LogP contribution in [0.5, 0.6) is 5.75 Å². The highest BCUT2D eigenvalue weighted by atomic mass is 35.5. The minimum absolute atomic E-state index is 0.397. The summed E-state index contributed by atoms with van der Waals surface area (Å²) >= 11 is 12.6. The minimum atomic E-state index is -0.852. The van der Waals surface area contributed by atoms with Crippen LogP contribution in [0.2, 0.25) is 10.0 Å². The first-order valence-corrected chi connectivity index (χ1v) is 11.6. The molecule has 7 heteroatoms. The van der Waals surface area contributed by atoms with Crippen molar-refractivity contribution < 1.29 is 4.74 Å². The van der Waals surface area contributed by atoms with E-state index in [1.807, 2.05) is 53.4 Å². The molecule has 5 nitrogen and oxygen atoms in total. The summed E-state index contributed by atoms with van der Waals surface area (Å²) in [7, 11) is 1.66. The van der Waals surface area contributed by atoms with Gasteiger partial charge in [0.25, 0.3) is 0 Å². The summed E-state index contributed by atoms with van der Waals surface area (Å²) in [4.78, 5) is 12.1. The molecular formula is C26H24Cl2N4O. The average molecular weight is 479 g/mol. The normalized spacial score (nSPS) is 21.9. The van der Waals surface area contributed by atoms with Gasteiger partial charge in [0.15, 0.2) is 11.5 Å². The molecule has 0 radical (unpaired) electrons. The SMILES string of the molecule is COc1ccc(C2(c3cccc(-c4cc(Cl)cc(Cl)c4)c3)N=C(N)N3CC(C)CN=C32)cc1. The number of nitrogens with two attached hydrogens (primary N) is 1. The van der Waals surface area contributed by atoms with Crippen LogP contribution in [0.1, 0.15) is 18.1 Å². The van der Waals surface area contributed by atoms with Crippen LogP contribution in [0.15, 0.2) is 76.7 Å². The Morgan fingerprint density at radius 3 is 2.39 bits per heavy atom. The fourth-order valence-electron chi connectivity index (χ4n) is 4.61. The fourth-order valence-corrected chi connectivity index (χ4v) is 5.13. The molecule has 0 bridgehead atoms. The molecule has 0 saturated heterocycles. The second-order valence-corrected chi connectivity index (χ2v) is 9.40. The fraction of sp³-hybridized carbons (Fsp3) is 0.231. The zero-order chi connectivity index (χ0) is 23.2. The van der Waals surface area contributed by atoms with E-state index in [-0.39, 0.29) is 0 Å². The number of hydrogen-bond acceptors (Lipinski definition) is 5. The Hall–Kier alpha value is -3.02. The Balaban J connectivity index is 1.73. The summed E-state index contributed by atoms with van der Waals surface area (Å²) in [5, 5.41) is 1.18. The monoisotopic (exact) mass is 478 g/mol. The standard InChI is InChI=1S/C26H24Cl2N4O/c1-16-14-30-24-26(31-25(29)32(24)15-16,19-6-8-23(33-2)9-7-19)20-5-3-4-17(10-20)18-11-21(27)13-22(28)12-18/h3-13,16H,14-15H2,1-2H3,(H2,29,31). The van der Waals surface area contributed by atoms with Gasteiger partial charge in [0.1, 0.15) is 11.6 Å². The molecule has 2 heterocycles. The summed E-state index contributed by atoms with van der Waals surface area (Å²) in [6.07, 6.45) is 0. The first kappa shape index (κ1) is 21.8. The molecule has 2 atom stereocenters. The molecule has 0 fully saturated rings. The Labute approximate surface area is 203 Å². The molecule has 5 rings (SSSR count). The number of fused-ring (bicyclic) bond motifs is 1. The second kappa shape index (κ2) is 8.40. The van der Waals surface area contributed by atoms with Gasteiger partial charge in [0, 0.05) is 23.1 Å². The molecule has 2 aliphatic rings. The third-order valence-electron chi connectivity index (χ3n) is 6.17. The van der Waals surface area contributed by atoms with E-state index in [0.717, 1.165) is 46.9 Å². The first-order valence-electron chi connectivity index (χ1n) is 10.8. The van der Waals surface area contributed by atoms with Gasteiger partial charge in [-0.05, 0) is 64.6 Å². The van der Waals surface area contributed by atoms with Crippen LogP contribution < -0.4 is 10.5 Å². The minimum Gasteiger partial charge on any atom is -0.497 e. The van der Waals surface area contributed by atoms with E-state index in [1.165, 1.54) is 0 Å². The summed E-state index contributed by atoms with van der Waals surface area (Å²) in [6.45, 7) is 3.69. The van der Waals surface area contributed by atoms with E-state index in [0.29, 0.717) is 21.9 Å². The highest BCUT2D eigenvalue weighted by molar-refractivity contribution is 6.35. The number of rotatable bonds is 4. The van der Waals surface area contributed by atoms with Crippen molar-refractivity contribution in [3.63, 3.8) is 0 Å². The van der Waals surface area contributed by atoms with Gasteiger partial charge in [-0.15, -0.1) is 0 Å². The highest BCUT2D eigenvalue weighted by Gasteiger charge is 2.49. The largest absolute Gasteiger partial charge is 0.497 e. The van der Waals surface area contributed by atoms with Crippen molar-refractivity contribution in [1.82, 2.24) is 4.90 Å². The van der Waals surface area contributed by atoms with E-state index in [1.54, 1.807) is 13.2 Å². The summed E-state index contributed by atoms with van der Waals surface area (Å²) in [6, 6.07) is 21.7. The van der Waals surface area contributed by atoms with Crippen molar-refractivity contribution in [1.29, 1.82) is 0 Å². The predicted octanol–water partition coefficient (Wildman–Crippen LogP) is 5.59. The lowest BCUT2D eigenvalue weighted by atomic mass is 9.80. The van der Waals surface area contributed by atoms with Crippen LogP contribution >= 0.6 is 23.2 Å². The second-order valence-electron chi connectivity index (χ2n) is 8.53. The Morgan fingerprint density at radius 2 is 1.70 bits per heavy atom. The third kappa shape index (κ3) is 3.75. The van der Waals surface area contributed by atoms with E-state index in [4.69, 9.17) is 43.7 Å². The number of hydrogen-bond donors (Lipinski definition) is 1. The van der Waals surface area contributed by atoms with Crippen molar-refractivity contribution in [3.8, 4) is 16.9 Å². The van der Waals surface area contributed by atoms with Crippen molar-refractivity contribution in [2.24, 2.45) is 21.6 Å². The first-order chi connectivity index (χ1) is 15.9. The average Bonchev–Trinajstić information content (AvgIpc) is 3.11. The van der Waals surface area contributed by atoms with Crippen molar-refractivity contribution >= 4 is 35.0 Å². The lowest BCUT2D eigenvalue weighted by Crippen LogP contribution is -2.48. The van der Waals surface area contributed by atoms with Gasteiger partial charge >= 0.3 is 0 Å². The maximum atomic E-state index is 6.48. The lowest BCUT2D eigenvalue weighted by molar-refractivity contribution is 0.414. The van der Waals surface area contributed by atoms with Crippen LogP contribution in [0.3, 0.4) is 0 Å². The zero-order valence-electron chi connectivity index (χ0n) is 18.4. The number of methoxy groups -OCH3 is 1. The van der Waals surface area contributed by atoms with Gasteiger partial charge in [-0.3, -0.25) is 9.89 Å². The van der Waals surface area contributed by atoms with Crippen LogP contribution in [0, 0.1) is 5.92 Å². The number of aliphatic imine (C=N–C) groups is 2. The number of halogens is 2. The van der Waals surface area contributed by atoms with Gasteiger partial charge in [0.2, 0.25) is 0 Å². The van der Waals surface area contributed by atoms with Crippen LogP contribution in [0.25, 0.3) is 11.1 Å². The number of guanidine groups is 1. The van der Waals surface area contributed by atoms with E-state index < -0.39 is 5.54 Å². The van der Waals surface area contributed by atoms with Gasteiger partial charge in [0.05, 0.1) is 7.11 Å². The zero-order valence-corrected chi connectivity index (χ0v) is 19.9. The van der Waals surface area contributed by atoms with Gasteiger partial charge in [-0.2, -0.15) is 0 Å². The van der Waals surface area contributed by atoms with E-state index >= 15 is 0 Å². The van der Waals surface area contributed by atoms with Gasteiger partial charge in [-0.25, -0.2) is 4.99 Å². The Kier molecular flexibility index (Phi) is 5.55. The molecule has 0 aliphatic carbocycles. The molecule has 0 amide bonds. The summed E-state index contributed by atoms with van der Waals surface area (Å²) in [5.41, 5.74) is 9.50. The molecule has 0 aromatic heterocycles. The molecule has 2 N–H and O–H groups in total. The maximum absolute atomic E-state index is 6.48. The van der Waals surface area contributed by atoms with Crippen LogP contribution in [0.4, 0.5) is 0 Å². The van der Waals surface area contributed by atoms with E-state index in [9.17, 15) is 0 Å². The van der Waals surface area contributed by atoms with Crippen molar-refractivity contribution in [3.05, 3.63) is 87.9 Å². The summed E-state index contributed by atoms with van der Waals surface area (Å²) < 4.78 is 5.39. The third-order valence-corrected chi connectivity index (χ3v) is 6.61. The number of ether oxygens (including phenoxy) is 1. The highest BCUT2D eigenvalue weighted by Crippen LogP contribution is 2.43. The number of nitrogens with zero attached hydrogens (tertiary/aromatic N) is 3. The quantitative estimate of drug-likeness (QED) is 0.531. The molecule has 0 saturated carbocycles. The lowest BCUT2D eigenvalue weighted by Gasteiger charge is -2.35. The molecule has 2 aliphatic heterocycles. The van der Waals surface area contributed by atoms with Crippen LogP contribution in [-0.4, -0.2) is 36.9 Å². The molecule has 33 heavy (non-hydrogen) atoms. The molecular weight excluding hydrogens is 455 g/mol. The van der Waals surface area contributed by atoms with Crippen LogP contribution in [-0.2, 0) is 5.54 Å². The molecule has 168 valence electrons.